The zero-order valence-corrected chi connectivity index (χ0v) is 11.6. The highest BCUT2D eigenvalue weighted by Gasteiger charge is 2.21. The van der Waals surface area contributed by atoms with E-state index in [1.165, 1.54) is 31.1 Å². The molecule has 100 valence electrons. The van der Waals surface area contributed by atoms with E-state index in [0.29, 0.717) is 5.92 Å². The minimum absolute atomic E-state index is 0.0590. The maximum Gasteiger partial charge on any atom is 0.0569 e. The van der Waals surface area contributed by atoms with Crippen molar-refractivity contribution in [2.75, 3.05) is 44.2 Å². The Balaban J connectivity index is 1.57. The number of thioether (sulfide) groups is 1. The first kappa shape index (κ1) is 13.7. The lowest BCUT2D eigenvalue weighted by Gasteiger charge is -2.29. The van der Waals surface area contributed by atoms with Gasteiger partial charge in [0.15, 0.2) is 0 Å². The van der Waals surface area contributed by atoms with Gasteiger partial charge < -0.3 is 15.3 Å². The SMILES string of the molecule is OC(CCCN1CCSCC1)C1CCNCC1. The lowest BCUT2D eigenvalue weighted by Crippen LogP contribution is -2.36. The van der Waals surface area contributed by atoms with Crippen LogP contribution in [-0.2, 0) is 0 Å². The predicted octanol–water partition coefficient (Wildman–Crippen LogP) is 1.18. The average Bonchev–Trinajstić information content (AvgIpc) is 2.41. The van der Waals surface area contributed by atoms with Crippen molar-refractivity contribution in [1.82, 2.24) is 10.2 Å². The van der Waals surface area contributed by atoms with Gasteiger partial charge in [-0.05, 0) is 51.2 Å². The molecule has 3 nitrogen and oxygen atoms in total. The van der Waals surface area contributed by atoms with Crippen molar-refractivity contribution in [3.8, 4) is 0 Å². The number of hydrogen-bond donors (Lipinski definition) is 2. The summed E-state index contributed by atoms with van der Waals surface area (Å²) >= 11 is 2.06. The second kappa shape index (κ2) is 7.62. The normalized spacial score (nSPS) is 25.9. The highest BCUT2D eigenvalue weighted by atomic mass is 32.2. The average molecular weight is 258 g/mol. The highest BCUT2D eigenvalue weighted by molar-refractivity contribution is 7.99. The van der Waals surface area contributed by atoms with Gasteiger partial charge in [-0.15, -0.1) is 0 Å². The van der Waals surface area contributed by atoms with E-state index >= 15 is 0 Å². The lowest BCUT2D eigenvalue weighted by atomic mass is 9.90. The number of aliphatic hydroxyl groups excluding tert-OH is 1. The van der Waals surface area contributed by atoms with Crippen LogP contribution in [-0.4, -0.2) is 60.3 Å². The van der Waals surface area contributed by atoms with Gasteiger partial charge >= 0.3 is 0 Å². The van der Waals surface area contributed by atoms with E-state index in [1.807, 2.05) is 0 Å². The third-order valence-electron chi connectivity index (χ3n) is 4.01. The monoisotopic (exact) mass is 258 g/mol. The molecule has 0 amide bonds. The lowest BCUT2D eigenvalue weighted by molar-refractivity contribution is 0.0762. The molecule has 2 fully saturated rings. The molecule has 1 unspecified atom stereocenters. The summed E-state index contributed by atoms with van der Waals surface area (Å²) in [7, 11) is 0. The first-order valence-electron chi connectivity index (χ1n) is 7.05. The van der Waals surface area contributed by atoms with E-state index in [4.69, 9.17) is 0 Å². The molecule has 2 saturated heterocycles. The molecule has 0 spiro atoms. The van der Waals surface area contributed by atoms with Crippen LogP contribution in [0, 0.1) is 5.92 Å². The molecule has 2 rings (SSSR count). The summed E-state index contributed by atoms with van der Waals surface area (Å²) in [6.45, 7) is 5.85. The first-order chi connectivity index (χ1) is 8.36. The second-order valence-electron chi connectivity index (χ2n) is 5.25. The molecule has 0 aromatic rings. The van der Waals surface area contributed by atoms with Gasteiger partial charge in [0.1, 0.15) is 0 Å². The van der Waals surface area contributed by atoms with Crippen LogP contribution in [0.15, 0.2) is 0 Å². The maximum absolute atomic E-state index is 10.2. The summed E-state index contributed by atoms with van der Waals surface area (Å²) in [6, 6.07) is 0. The number of nitrogens with one attached hydrogen (secondary N) is 1. The Hall–Kier alpha value is 0.230. The largest absolute Gasteiger partial charge is 0.393 e. The summed E-state index contributed by atoms with van der Waals surface area (Å²) in [4.78, 5) is 2.55. The molecule has 0 saturated carbocycles. The topological polar surface area (TPSA) is 35.5 Å². The molecule has 0 radical (unpaired) electrons. The van der Waals surface area contributed by atoms with Crippen LogP contribution in [0.25, 0.3) is 0 Å². The van der Waals surface area contributed by atoms with Gasteiger partial charge in [-0.1, -0.05) is 0 Å². The fourth-order valence-electron chi connectivity index (χ4n) is 2.81. The van der Waals surface area contributed by atoms with Crippen LogP contribution in [0.5, 0.6) is 0 Å². The summed E-state index contributed by atoms with van der Waals surface area (Å²) in [5.74, 6) is 3.13. The number of hydrogen-bond acceptors (Lipinski definition) is 4. The third kappa shape index (κ3) is 4.78. The molecule has 0 bridgehead atoms. The zero-order valence-electron chi connectivity index (χ0n) is 10.7. The molecule has 2 aliphatic heterocycles. The van der Waals surface area contributed by atoms with E-state index in [1.54, 1.807) is 0 Å². The molecule has 4 heteroatoms. The summed E-state index contributed by atoms with van der Waals surface area (Å²) in [6.07, 6.45) is 4.41. The summed E-state index contributed by atoms with van der Waals surface area (Å²) in [5, 5.41) is 13.5. The predicted molar refractivity (Wildman–Crippen MR) is 74.6 cm³/mol. The number of aliphatic hydroxyl groups is 1. The molecular formula is C13H26N2OS. The molecule has 2 heterocycles. The molecular weight excluding hydrogens is 232 g/mol. The van der Waals surface area contributed by atoms with E-state index in [-0.39, 0.29) is 6.10 Å². The van der Waals surface area contributed by atoms with E-state index in [2.05, 4.69) is 22.0 Å². The van der Waals surface area contributed by atoms with E-state index in [9.17, 15) is 5.11 Å². The quantitative estimate of drug-likeness (QED) is 0.776. The van der Waals surface area contributed by atoms with E-state index in [0.717, 1.165) is 38.8 Å². The van der Waals surface area contributed by atoms with Crippen LogP contribution < -0.4 is 5.32 Å². The molecule has 0 aromatic heterocycles. The van der Waals surface area contributed by atoms with Gasteiger partial charge in [0.2, 0.25) is 0 Å². The van der Waals surface area contributed by atoms with Gasteiger partial charge in [0, 0.05) is 24.6 Å². The summed E-state index contributed by atoms with van der Waals surface area (Å²) in [5.41, 5.74) is 0. The standard InChI is InChI=1S/C13H26N2OS/c16-13(12-3-5-14-6-4-12)2-1-7-15-8-10-17-11-9-15/h12-14,16H,1-11H2. The Morgan fingerprint density at radius 2 is 1.94 bits per heavy atom. The number of nitrogens with zero attached hydrogens (tertiary/aromatic N) is 1. The molecule has 0 aliphatic carbocycles. The maximum atomic E-state index is 10.2. The zero-order chi connectivity index (χ0) is 11.9. The molecule has 0 aromatic carbocycles. The molecule has 1 atom stereocenters. The van der Waals surface area contributed by atoms with Crippen molar-refractivity contribution in [2.45, 2.75) is 31.8 Å². The first-order valence-corrected chi connectivity index (χ1v) is 8.20. The third-order valence-corrected chi connectivity index (χ3v) is 4.95. The number of rotatable bonds is 5. The van der Waals surface area contributed by atoms with Crippen molar-refractivity contribution >= 4 is 11.8 Å². The summed E-state index contributed by atoms with van der Waals surface area (Å²) < 4.78 is 0. The number of piperidine rings is 1. The Morgan fingerprint density at radius 3 is 2.65 bits per heavy atom. The van der Waals surface area contributed by atoms with Crippen molar-refractivity contribution in [2.24, 2.45) is 5.92 Å². The van der Waals surface area contributed by atoms with Crippen LogP contribution in [0.1, 0.15) is 25.7 Å². The molecule has 2 N–H and O–H groups in total. The minimum atomic E-state index is -0.0590. The molecule has 17 heavy (non-hydrogen) atoms. The highest BCUT2D eigenvalue weighted by Crippen LogP contribution is 2.20. The van der Waals surface area contributed by atoms with Gasteiger partial charge in [-0.25, -0.2) is 0 Å². The van der Waals surface area contributed by atoms with Crippen LogP contribution >= 0.6 is 11.8 Å². The van der Waals surface area contributed by atoms with Gasteiger partial charge in [-0.2, -0.15) is 11.8 Å². The van der Waals surface area contributed by atoms with Crippen LogP contribution in [0.4, 0.5) is 0 Å². The van der Waals surface area contributed by atoms with E-state index < -0.39 is 0 Å². The Bertz CT molecular complexity index is 204. The van der Waals surface area contributed by atoms with Gasteiger partial charge in [-0.3, -0.25) is 0 Å². The second-order valence-corrected chi connectivity index (χ2v) is 6.48. The molecule has 2 aliphatic rings. The van der Waals surface area contributed by atoms with Gasteiger partial charge in [0.25, 0.3) is 0 Å². The van der Waals surface area contributed by atoms with Crippen molar-refractivity contribution < 1.29 is 5.11 Å². The Kier molecular flexibility index (Phi) is 6.12. The Morgan fingerprint density at radius 1 is 1.24 bits per heavy atom. The van der Waals surface area contributed by atoms with Gasteiger partial charge in [0.05, 0.1) is 6.10 Å². The van der Waals surface area contributed by atoms with Crippen LogP contribution in [0.2, 0.25) is 0 Å². The fourth-order valence-corrected chi connectivity index (χ4v) is 3.79. The van der Waals surface area contributed by atoms with Crippen molar-refractivity contribution in [3.05, 3.63) is 0 Å². The van der Waals surface area contributed by atoms with Crippen molar-refractivity contribution in [3.63, 3.8) is 0 Å². The minimum Gasteiger partial charge on any atom is -0.393 e. The van der Waals surface area contributed by atoms with Crippen LogP contribution in [0.3, 0.4) is 0 Å². The fraction of sp³-hybridized carbons (Fsp3) is 1.00. The smallest absolute Gasteiger partial charge is 0.0569 e. The Labute approximate surface area is 109 Å². The van der Waals surface area contributed by atoms with Crippen molar-refractivity contribution in [1.29, 1.82) is 0 Å².